The summed E-state index contributed by atoms with van der Waals surface area (Å²) in [5.74, 6) is 0. The van der Waals surface area contributed by atoms with Gasteiger partial charge in [0.1, 0.15) is 0 Å². The van der Waals surface area contributed by atoms with Crippen LogP contribution in [-0.2, 0) is 5.41 Å². The molecule has 0 radical (unpaired) electrons. The standard InChI is InChI=1S/C51H35NS/c1-51(2)43-24-27-48-50(40-18-9-10-19-47(40)53-48)49(43)39-23-20-37(31-44(39)51)34-16-11-17-38(28-34)52-45-25-21-35(32-12-5-3-6-13-32)29-41(45)42-30-36(22-26-46(42)52)33-14-7-4-8-15-33/h3-31H,1-2H3. The molecule has 0 aliphatic heterocycles. The highest BCUT2D eigenvalue weighted by Gasteiger charge is 2.37. The average Bonchev–Trinajstić information content (AvgIpc) is 3.83. The summed E-state index contributed by atoms with van der Waals surface area (Å²) in [6.45, 7) is 4.79. The smallest absolute Gasteiger partial charge is 0.0541 e. The first-order chi connectivity index (χ1) is 26.0. The van der Waals surface area contributed by atoms with Gasteiger partial charge < -0.3 is 4.57 Å². The Hall–Kier alpha value is -6.22. The van der Waals surface area contributed by atoms with E-state index in [1.54, 1.807) is 0 Å². The van der Waals surface area contributed by atoms with Gasteiger partial charge in [-0.25, -0.2) is 0 Å². The zero-order valence-corrected chi connectivity index (χ0v) is 30.4. The Morgan fingerprint density at radius 1 is 0.415 bits per heavy atom. The molecule has 1 aliphatic carbocycles. The van der Waals surface area contributed by atoms with Crippen LogP contribution in [0.3, 0.4) is 0 Å². The van der Waals surface area contributed by atoms with Crippen LogP contribution in [0, 0.1) is 0 Å². The highest BCUT2D eigenvalue weighted by atomic mass is 32.1. The summed E-state index contributed by atoms with van der Waals surface area (Å²) in [4.78, 5) is 0. The first-order valence-corrected chi connectivity index (χ1v) is 19.2. The van der Waals surface area contributed by atoms with Crippen LogP contribution in [0.1, 0.15) is 25.0 Å². The topological polar surface area (TPSA) is 4.93 Å². The van der Waals surface area contributed by atoms with Crippen molar-refractivity contribution in [3.05, 3.63) is 187 Å². The van der Waals surface area contributed by atoms with Gasteiger partial charge in [-0.2, -0.15) is 0 Å². The maximum Gasteiger partial charge on any atom is 0.0541 e. The van der Waals surface area contributed by atoms with Gasteiger partial charge >= 0.3 is 0 Å². The fourth-order valence-corrected chi connectivity index (χ4v) is 10.1. The van der Waals surface area contributed by atoms with E-state index in [9.17, 15) is 0 Å². The van der Waals surface area contributed by atoms with Crippen LogP contribution in [0.15, 0.2) is 176 Å². The molecule has 0 saturated heterocycles. The number of thiophene rings is 1. The van der Waals surface area contributed by atoms with Crippen LogP contribution < -0.4 is 0 Å². The molecule has 1 aliphatic rings. The predicted molar refractivity (Wildman–Crippen MR) is 228 cm³/mol. The van der Waals surface area contributed by atoms with E-state index in [2.05, 4.69) is 194 Å². The molecule has 1 nitrogen and oxygen atoms in total. The number of aromatic nitrogens is 1. The molecule has 2 aromatic heterocycles. The fourth-order valence-electron chi connectivity index (χ4n) is 8.97. The molecular weight excluding hydrogens is 659 g/mol. The van der Waals surface area contributed by atoms with Crippen molar-refractivity contribution in [2.24, 2.45) is 0 Å². The maximum atomic E-state index is 2.46. The van der Waals surface area contributed by atoms with Gasteiger partial charge in [0.2, 0.25) is 0 Å². The van der Waals surface area contributed by atoms with Crippen LogP contribution in [0.2, 0.25) is 0 Å². The Labute approximate surface area is 313 Å². The molecule has 11 rings (SSSR count). The molecule has 2 heterocycles. The molecule has 0 atom stereocenters. The van der Waals surface area contributed by atoms with Crippen LogP contribution in [-0.4, -0.2) is 4.57 Å². The van der Waals surface area contributed by atoms with Crippen molar-refractivity contribution >= 4 is 53.3 Å². The van der Waals surface area contributed by atoms with E-state index >= 15 is 0 Å². The second-order valence-corrected chi connectivity index (χ2v) is 16.0. The van der Waals surface area contributed by atoms with Crippen molar-refractivity contribution in [2.75, 3.05) is 0 Å². The summed E-state index contributed by atoms with van der Waals surface area (Å²) in [7, 11) is 0. The first-order valence-electron chi connectivity index (χ1n) is 18.4. The molecule has 0 saturated carbocycles. The SMILES string of the molecule is CC1(C)c2cc(-c3cccc(-n4c5ccc(-c6ccccc6)cc5c5cc(-c6ccccc6)ccc54)c3)ccc2-c2c1ccc1sc3ccccc3c21. The largest absolute Gasteiger partial charge is 0.309 e. The summed E-state index contributed by atoms with van der Waals surface area (Å²) in [5.41, 5.74) is 16.5. The Bertz CT molecular complexity index is 2970. The fraction of sp³-hybridized carbons (Fsp3) is 0.0588. The third-order valence-corrected chi connectivity index (χ3v) is 12.7. The third kappa shape index (κ3) is 4.56. The Morgan fingerprint density at radius 3 is 1.70 bits per heavy atom. The first kappa shape index (κ1) is 30.4. The summed E-state index contributed by atoms with van der Waals surface area (Å²) in [6, 6.07) is 65.2. The molecule has 0 amide bonds. The molecular formula is C51H35NS. The van der Waals surface area contributed by atoms with Crippen LogP contribution in [0.25, 0.3) is 92.2 Å². The van der Waals surface area contributed by atoms with Gasteiger partial charge in [0.15, 0.2) is 0 Å². The molecule has 8 aromatic carbocycles. The number of hydrogen-bond acceptors (Lipinski definition) is 1. The minimum Gasteiger partial charge on any atom is -0.309 e. The van der Waals surface area contributed by atoms with E-state index < -0.39 is 0 Å². The summed E-state index contributed by atoms with van der Waals surface area (Å²) < 4.78 is 5.17. The number of nitrogens with zero attached hydrogens (tertiary/aromatic N) is 1. The molecule has 0 spiro atoms. The summed E-state index contributed by atoms with van der Waals surface area (Å²) in [6.07, 6.45) is 0. The Morgan fingerprint density at radius 2 is 1.00 bits per heavy atom. The van der Waals surface area contributed by atoms with Gasteiger partial charge in [-0.1, -0.05) is 135 Å². The Kier molecular flexibility index (Phi) is 6.53. The zero-order valence-electron chi connectivity index (χ0n) is 29.6. The van der Waals surface area contributed by atoms with Crippen molar-refractivity contribution in [1.29, 1.82) is 0 Å². The average molecular weight is 694 g/mol. The third-order valence-electron chi connectivity index (χ3n) is 11.6. The van der Waals surface area contributed by atoms with Crippen LogP contribution >= 0.6 is 11.3 Å². The van der Waals surface area contributed by atoms with Gasteiger partial charge in [0.25, 0.3) is 0 Å². The Balaban J connectivity index is 1.08. The van der Waals surface area contributed by atoms with Crippen molar-refractivity contribution in [1.82, 2.24) is 4.57 Å². The van der Waals surface area contributed by atoms with Gasteiger partial charge in [-0.3, -0.25) is 0 Å². The molecule has 0 bridgehead atoms. The lowest BCUT2D eigenvalue weighted by atomic mass is 9.81. The maximum absolute atomic E-state index is 2.46. The lowest BCUT2D eigenvalue weighted by molar-refractivity contribution is 0.661. The highest BCUT2D eigenvalue weighted by Crippen LogP contribution is 2.54. The van der Waals surface area contributed by atoms with Gasteiger partial charge in [-0.05, 0) is 110 Å². The van der Waals surface area contributed by atoms with E-state index in [1.807, 2.05) is 11.3 Å². The normalized spacial score (nSPS) is 13.2. The molecule has 0 fully saturated rings. The van der Waals surface area contributed by atoms with E-state index in [-0.39, 0.29) is 5.41 Å². The summed E-state index contributed by atoms with van der Waals surface area (Å²) >= 11 is 1.90. The minimum atomic E-state index is -0.102. The van der Waals surface area contributed by atoms with Crippen molar-refractivity contribution in [3.63, 3.8) is 0 Å². The van der Waals surface area contributed by atoms with Crippen LogP contribution in [0.5, 0.6) is 0 Å². The molecule has 0 N–H and O–H groups in total. The van der Waals surface area contributed by atoms with Crippen molar-refractivity contribution in [2.45, 2.75) is 19.3 Å². The van der Waals surface area contributed by atoms with E-state index in [0.29, 0.717) is 0 Å². The van der Waals surface area contributed by atoms with Crippen LogP contribution in [0.4, 0.5) is 0 Å². The van der Waals surface area contributed by atoms with Gasteiger partial charge in [0.05, 0.1) is 11.0 Å². The number of hydrogen-bond donors (Lipinski definition) is 0. The zero-order chi connectivity index (χ0) is 35.3. The van der Waals surface area contributed by atoms with Crippen molar-refractivity contribution in [3.8, 4) is 50.2 Å². The quantitative estimate of drug-likeness (QED) is 0.173. The second kappa shape index (κ2) is 11.4. The molecule has 250 valence electrons. The molecule has 53 heavy (non-hydrogen) atoms. The number of fused-ring (bicyclic) bond motifs is 10. The van der Waals surface area contributed by atoms with E-state index in [4.69, 9.17) is 0 Å². The number of benzene rings is 8. The molecule has 10 aromatic rings. The minimum absolute atomic E-state index is 0.102. The second-order valence-electron chi connectivity index (χ2n) is 14.9. The van der Waals surface area contributed by atoms with Gasteiger partial charge in [-0.15, -0.1) is 11.3 Å². The highest BCUT2D eigenvalue weighted by molar-refractivity contribution is 7.26. The molecule has 2 heteroatoms. The summed E-state index contributed by atoms with van der Waals surface area (Å²) in [5, 5.41) is 5.28. The predicted octanol–water partition coefficient (Wildman–Crippen LogP) is 14.5. The molecule has 0 unspecified atom stereocenters. The monoisotopic (exact) mass is 693 g/mol. The van der Waals surface area contributed by atoms with E-state index in [0.717, 1.165) is 5.69 Å². The lowest BCUT2D eigenvalue weighted by Crippen LogP contribution is -2.14. The van der Waals surface area contributed by atoms with Crippen molar-refractivity contribution < 1.29 is 0 Å². The van der Waals surface area contributed by atoms with E-state index in [1.165, 1.54) is 97.6 Å². The lowest BCUT2D eigenvalue weighted by Gasteiger charge is -2.22. The van der Waals surface area contributed by atoms with Gasteiger partial charge in [0, 0.05) is 42.0 Å². The number of rotatable bonds is 4.